The molecule has 0 heterocycles. The van der Waals surface area contributed by atoms with Crippen LogP contribution in [0.15, 0.2) is 72.8 Å². The zero-order valence-electron chi connectivity index (χ0n) is 32.4. The molecule has 0 radical (unpaired) electrons. The Morgan fingerprint density at radius 3 is 0.959 bits per heavy atom. The fourth-order valence-corrected chi connectivity index (χ4v) is 11.9. The average molecular weight is 772 g/mol. The van der Waals surface area contributed by atoms with Gasteiger partial charge in [-0.1, -0.05) is 173 Å². The second-order valence-electron chi connectivity index (χ2n) is 15.6. The summed E-state index contributed by atoms with van der Waals surface area (Å²) in [7, 11) is -2.77. The van der Waals surface area contributed by atoms with Gasteiger partial charge in [-0.3, -0.25) is 0 Å². The number of halogens is 3. The molecule has 0 saturated heterocycles. The van der Waals surface area contributed by atoms with Crippen molar-refractivity contribution < 1.29 is 58.9 Å². The third-order valence-corrected chi connectivity index (χ3v) is 14.7. The van der Waals surface area contributed by atoms with Gasteiger partial charge in [0.2, 0.25) is 0 Å². The van der Waals surface area contributed by atoms with E-state index in [9.17, 15) is 0 Å². The van der Waals surface area contributed by atoms with Crippen molar-refractivity contribution in [2.24, 2.45) is 0 Å². The molecule has 49 heavy (non-hydrogen) atoms. The van der Waals surface area contributed by atoms with Crippen molar-refractivity contribution in [1.82, 2.24) is 0 Å². The van der Waals surface area contributed by atoms with Crippen LogP contribution in [0.4, 0.5) is 0 Å². The minimum atomic E-state index is -2.77. The van der Waals surface area contributed by atoms with Crippen molar-refractivity contribution >= 4 is 28.8 Å². The van der Waals surface area contributed by atoms with Crippen LogP contribution in [0.25, 0.3) is 0 Å². The van der Waals surface area contributed by atoms with Gasteiger partial charge in [-0.15, -0.1) is 5.19 Å². The molecule has 0 aromatic heterocycles. The summed E-state index contributed by atoms with van der Waals surface area (Å²) in [6.07, 6.45) is 2.29. The van der Waals surface area contributed by atoms with Crippen LogP contribution in [0, 0.1) is 0 Å². The zero-order valence-corrected chi connectivity index (χ0v) is 37.3. The van der Waals surface area contributed by atoms with E-state index in [1.54, 1.807) is 0 Å². The number of hydrogen-bond donors (Lipinski definition) is 0. The minimum absolute atomic E-state index is 0. The van der Waals surface area contributed by atoms with E-state index in [0.717, 1.165) is 6.42 Å². The maximum absolute atomic E-state index is 2.77. The van der Waals surface area contributed by atoms with E-state index in [0.29, 0.717) is 35.5 Å². The van der Waals surface area contributed by atoms with Crippen molar-refractivity contribution in [3.8, 4) is 0 Å². The summed E-state index contributed by atoms with van der Waals surface area (Å²) in [5.41, 5.74) is 10.2. The molecule has 4 rings (SSSR count). The van der Waals surface area contributed by atoms with Gasteiger partial charge in [-0.25, -0.2) is 6.07 Å². The number of rotatable bonds is 12. The average Bonchev–Trinajstić information content (AvgIpc) is 3.45. The Morgan fingerprint density at radius 1 is 0.469 bits per heavy atom. The summed E-state index contributed by atoms with van der Waals surface area (Å²) in [5.74, 6) is 2.78. The van der Waals surface area contributed by atoms with Gasteiger partial charge in [0.25, 0.3) is 0 Å². The molecule has 0 spiro atoms. The van der Waals surface area contributed by atoms with Crippen LogP contribution >= 0.6 is 0 Å². The van der Waals surface area contributed by atoms with Gasteiger partial charge in [0.15, 0.2) is 0 Å². The van der Waals surface area contributed by atoms with Gasteiger partial charge in [0.1, 0.15) is 8.07 Å². The molecular weight excluding hydrogens is 711 g/mol. The normalized spacial score (nSPS) is 11.6. The van der Waals surface area contributed by atoms with Gasteiger partial charge >= 0.3 is 21.7 Å². The second kappa shape index (κ2) is 20.2. The Bertz CT molecular complexity index is 1360. The molecule has 0 fully saturated rings. The molecule has 4 aromatic carbocycles. The van der Waals surface area contributed by atoms with Crippen LogP contribution in [-0.2, 0) is 28.1 Å². The molecular formula is C44H61Cl3SiTi. The predicted molar refractivity (Wildman–Crippen MR) is 204 cm³/mol. The van der Waals surface area contributed by atoms with E-state index in [4.69, 9.17) is 0 Å². The molecule has 0 aliphatic heterocycles. The van der Waals surface area contributed by atoms with E-state index in [1.165, 1.54) is 66.1 Å². The van der Waals surface area contributed by atoms with Gasteiger partial charge < -0.3 is 37.2 Å². The summed E-state index contributed by atoms with van der Waals surface area (Å²) in [4.78, 5) is 0. The molecule has 0 nitrogen and oxygen atoms in total. The third kappa shape index (κ3) is 10.5. The molecule has 5 heteroatoms. The van der Waals surface area contributed by atoms with Crippen molar-refractivity contribution in [2.75, 3.05) is 0 Å². The quantitative estimate of drug-likeness (QED) is 0.117. The van der Waals surface area contributed by atoms with Crippen LogP contribution in [0.5, 0.6) is 0 Å². The fourth-order valence-electron chi connectivity index (χ4n) is 6.85. The molecule has 0 bridgehead atoms. The van der Waals surface area contributed by atoms with Gasteiger partial charge in [-0.2, -0.15) is 17.7 Å². The molecule has 0 amide bonds. The first-order valence-electron chi connectivity index (χ1n) is 17.9. The minimum Gasteiger partial charge on any atom is -1.00 e. The summed E-state index contributed by atoms with van der Waals surface area (Å²) >= 11 is 0. The van der Waals surface area contributed by atoms with Crippen LogP contribution in [-0.4, -0.2) is 8.07 Å². The number of benzene rings is 3. The summed E-state index contributed by atoms with van der Waals surface area (Å²) in [5, 5.41) is 6.15. The topological polar surface area (TPSA) is 0 Å². The first-order chi connectivity index (χ1) is 21.2. The van der Waals surface area contributed by atoms with E-state index in [-0.39, 0.29) is 58.9 Å². The van der Waals surface area contributed by atoms with Gasteiger partial charge in [-0.05, 0) is 68.9 Å². The largest absolute Gasteiger partial charge is 4.00 e. The number of aryl methyl sites for hydroxylation is 1. The maximum atomic E-state index is 2.61. The Morgan fingerprint density at radius 2 is 0.735 bits per heavy atom. The molecule has 0 saturated carbocycles. The Hall–Kier alpha value is -1.19. The monoisotopic (exact) mass is 770 g/mol. The van der Waals surface area contributed by atoms with E-state index in [1.807, 2.05) is 0 Å². The molecule has 0 unspecified atom stereocenters. The standard InChI is InChI=1S/C44H61Si.3ClH.Ti/c1-14-15-34-16-17-41(18-34)45(42-22-35(28(2)3)19-36(23-42)29(4)5,43-24-37(30(6)7)20-38(25-43)31(8)9)44-26-39(32(10)11)21-40(27-44)33(12)13;;;;/h16-33H,14-15H2,1-13H3;3*1H;/q-1;;;;+4/p-3. The summed E-state index contributed by atoms with van der Waals surface area (Å²) in [6, 6.07) is 30.7. The number of hydrogen-bond acceptors (Lipinski definition) is 0. The second-order valence-corrected chi connectivity index (χ2v) is 19.4. The van der Waals surface area contributed by atoms with Crippen LogP contribution < -0.4 is 58.0 Å². The Balaban J connectivity index is 0.00000576. The predicted octanol–water partition coefficient (Wildman–Crippen LogP) is 1.49. The van der Waals surface area contributed by atoms with Crippen LogP contribution in [0.2, 0.25) is 0 Å². The van der Waals surface area contributed by atoms with Crippen molar-refractivity contribution in [3.05, 3.63) is 112 Å². The maximum Gasteiger partial charge on any atom is 4.00 e. The van der Waals surface area contributed by atoms with Crippen molar-refractivity contribution in [3.63, 3.8) is 0 Å². The summed E-state index contributed by atoms with van der Waals surface area (Å²) < 4.78 is 0. The Kier molecular flexibility index (Phi) is 19.7. The van der Waals surface area contributed by atoms with E-state index >= 15 is 0 Å². The third-order valence-electron chi connectivity index (χ3n) is 10.0. The summed E-state index contributed by atoms with van der Waals surface area (Å²) in [6.45, 7) is 30.6. The molecule has 266 valence electrons. The van der Waals surface area contributed by atoms with Crippen LogP contribution in [0.3, 0.4) is 0 Å². The molecule has 0 N–H and O–H groups in total. The smallest absolute Gasteiger partial charge is 1.00 e. The van der Waals surface area contributed by atoms with E-state index in [2.05, 4.69) is 163 Å². The first kappa shape index (κ1) is 47.8. The SMILES string of the molecule is CCCc1cc[c-]([Si](c2cc(C(C)C)cc(C(C)C)c2)(c2cc(C(C)C)cc(C(C)C)c2)c2cc(C(C)C)cc(C(C)C)c2)c1.[Cl-].[Cl-].[Cl-].[Ti+4]. The van der Waals surface area contributed by atoms with Crippen molar-refractivity contribution in [1.29, 1.82) is 0 Å². The molecule has 0 atom stereocenters. The van der Waals surface area contributed by atoms with E-state index < -0.39 is 8.07 Å². The first-order valence-corrected chi connectivity index (χ1v) is 19.9. The Labute approximate surface area is 335 Å². The molecule has 0 aliphatic carbocycles. The molecule has 0 aliphatic rings. The molecule has 4 aromatic rings. The van der Waals surface area contributed by atoms with Crippen LogP contribution in [0.1, 0.15) is 171 Å². The van der Waals surface area contributed by atoms with Gasteiger partial charge in [0.05, 0.1) is 0 Å². The van der Waals surface area contributed by atoms with Gasteiger partial charge in [0, 0.05) is 0 Å². The van der Waals surface area contributed by atoms with Crippen molar-refractivity contribution in [2.45, 2.75) is 138 Å². The fraction of sp³-hybridized carbons (Fsp3) is 0.477. The zero-order chi connectivity index (χ0) is 33.2.